The van der Waals surface area contributed by atoms with E-state index in [1.165, 1.54) is 0 Å². The summed E-state index contributed by atoms with van der Waals surface area (Å²) < 4.78 is 0. The average molecular weight is 369 g/mol. The van der Waals surface area contributed by atoms with E-state index in [0.29, 0.717) is 24.6 Å². The molecule has 0 aliphatic carbocycles. The average Bonchev–Trinajstić information content (AvgIpc) is 3.23. The third-order valence-corrected chi connectivity index (χ3v) is 5.24. The number of fused-ring (bicyclic) bond motifs is 1. The number of pyridine rings is 1. The van der Waals surface area contributed by atoms with Gasteiger partial charge >= 0.3 is 6.03 Å². The van der Waals surface area contributed by atoms with Gasteiger partial charge in [0.2, 0.25) is 0 Å². The molecular weight excluding hydrogens is 346 g/mol. The van der Waals surface area contributed by atoms with Crippen molar-refractivity contribution in [2.45, 2.75) is 32.5 Å². The van der Waals surface area contributed by atoms with Crippen LogP contribution >= 0.6 is 0 Å². The molecule has 0 radical (unpaired) electrons. The summed E-state index contributed by atoms with van der Waals surface area (Å²) in [5.74, 6) is 0.134. The smallest absolute Gasteiger partial charge is 0.319 e. The summed E-state index contributed by atoms with van der Waals surface area (Å²) >= 11 is 0. The van der Waals surface area contributed by atoms with Crippen molar-refractivity contribution in [3.05, 3.63) is 41.3 Å². The van der Waals surface area contributed by atoms with Gasteiger partial charge in [-0.15, -0.1) is 0 Å². The topological polar surface area (TPSA) is 106 Å². The zero-order valence-corrected chi connectivity index (χ0v) is 15.4. The number of hydrogen-bond acceptors (Lipinski definition) is 5. The lowest BCUT2D eigenvalue weighted by Gasteiger charge is -2.37. The molecule has 2 unspecified atom stereocenters. The van der Waals surface area contributed by atoms with Gasteiger partial charge < -0.3 is 20.4 Å². The molecule has 9 heteroatoms. The second-order valence-corrected chi connectivity index (χ2v) is 6.97. The molecule has 2 aliphatic heterocycles. The maximum Gasteiger partial charge on any atom is 0.321 e. The molecular formula is C18H23N7O2. The number of piperazine rings is 1. The van der Waals surface area contributed by atoms with Gasteiger partial charge in [-0.2, -0.15) is 5.10 Å². The minimum Gasteiger partial charge on any atom is -0.319 e. The number of carbonyl (C=O) groups excluding carboxylic acids is 2. The standard InChI is InChI=1S/C18H23N7O2/c1-11-9-19-7-8-24(11)18(27)25-10-13-15(12(25)2)22-23-16(13)21-17(26)14-5-3-4-6-20-14/h3-6,11-12,19H,7-10H2,1-2H3,(H2,21,22,23,26). The minimum atomic E-state index is -0.321. The molecule has 1 fully saturated rings. The molecule has 0 saturated carbocycles. The number of hydrogen-bond donors (Lipinski definition) is 3. The normalized spacial score (nSPS) is 21.9. The van der Waals surface area contributed by atoms with Crippen molar-refractivity contribution in [2.75, 3.05) is 25.0 Å². The number of carbonyl (C=O) groups is 2. The number of urea groups is 1. The molecule has 2 atom stereocenters. The van der Waals surface area contributed by atoms with Crippen LogP contribution in [0.1, 0.15) is 41.6 Å². The van der Waals surface area contributed by atoms with E-state index in [0.717, 1.165) is 24.3 Å². The van der Waals surface area contributed by atoms with Gasteiger partial charge in [-0.1, -0.05) is 6.07 Å². The number of nitrogens with one attached hydrogen (secondary N) is 3. The molecule has 9 nitrogen and oxygen atoms in total. The van der Waals surface area contributed by atoms with Gasteiger partial charge in [0.25, 0.3) is 5.91 Å². The van der Waals surface area contributed by atoms with Gasteiger partial charge in [0.15, 0.2) is 5.82 Å². The van der Waals surface area contributed by atoms with E-state index in [1.54, 1.807) is 24.4 Å². The van der Waals surface area contributed by atoms with Crippen LogP contribution < -0.4 is 10.6 Å². The maximum absolute atomic E-state index is 13.0. The van der Waals surface area contributed by atoms with Crippen LogP contribution in [0.3, 0.4) is 0 Å². The number of amides is 3. The Morgan fingerprint density at radius 3 is 2.85 bits per heavy atom. The highest BCUT2D eigenvalue weighted by Crippen LogP contribution is 2.36. The molecule has 4 heterocycles. The van der Waals surface area contributed by atoms with E-state index in [4.69, 9.17) is 0 Å². The molecule has 0 spiro atoms. The van der Waals surface area contributed by atoms with Crippen molar-refractivity contribution in [3.63, 3.8) is 0 Å². The number of aromatic amines is 1. The number of anilines is 1. The molecule has 3 N–H and O–H groups in total. The SMILES string of the molecule is CC1CNCCN1C(=O)N1Cc2c(NC(=O)c3ccccn3)n[nH]c2C1C. The van der Waals surface area contributed by atoms with Gasteiger partial charge in [0.05, 0.1) is 18.3 Å². The first-order valence-corrected chi connectivity index (χ1v) is 9.13. The summed E-state index contributed by atoms with van der Waals surface area (Å²) in [6, 6.07) is 5.20. The van der Waals surface area contributed by atoms with E-state index >= 15 is 0 Å². The first-order chi connectivity index (χ1) is 13.1. The van der Waals surface area contributed by atoms with Crippen molar-refractivity contribution in [1.82, 2.24) is 30.3 Å². The zero-order chi connectivity index (χ0) is 19.0. The fraction of sp³-hybridized carbons (Fsp3) is 0.444. The Morgan fingerprint density at radius 2 is 2.11 bits per heavy atom. The fourth-order valence-corrected chi connectivity index (χ4v) is 3.64. The van der Waals surface area contributed by atoms with Crippen LogP contribution in [0.5, 0.6) is 0 Å². The van der Waals surface area contributed by atoms with E-state index in [9.17, 15) is 9.59 Å². The Balaban J connectivity index is 1.50. The zero-order valence-electron chi connectivity index (χ0n) is 15.4. The number of aromatic nitrogens is 3. The number of nitrogens with zero attached hydrogens (tertiary/aromatic N) is 4. The molecule has 1 saturated heterocycles. The van der Waals surface area contributed by atoms with Crippen LogP contribution in [-0.2, 0) is 6.54 Å². The second kappa shape index (κ2) is 6.99. The van der Waals surface area contributed by atoms with Crippen molar-refractivity contribution < 1.29 is 9.59 Å². The van der Waals surface area contributed by atoms with Crippen molar-refractivity contribution in [3.8, 4) is 0 Å². The Morgan fingerprint density at radius 1 is 1.26 bits per heavy atom. The summed E-state index contributed by atoms with van der Waals surface area (Å²) in [5.41, 5.74) is 2.04. The van der Waals surface area contributed by atoms with E-state index in [2.05, 4.69) is 25.8 Å². The van der Waals surface area contributed by atoms with Crippen LogP contribution in [0.25, 0.3) is 0 Å². The van der Waals surface area contributed by atoms with Crippen LogP contribution in [0, 0.1) is 0 Å². The fourth-order valence-electron chi connectivity index (χ4n) is 3.64. The van der Waals surface area contributed by atoms with Crippen molar-refractivity contribution in [2.24, 2.45) is 0 Å². The van der Waals surface area contributed by atoms with Crippen molar-refractivity contribution in [1.29, 1.82) is 0 Å². The van der Waals surface area contributed by atoms with Gasteiger partial charge in [-0.25, -0.2) is 4.79 Å². The third-order valence-electron chi connectivity index (χ3n) is 5.24. The lowest BCUT2D eigenvalue weighted by atomic mass is 10.2. The Kier molecular flexibility index (Phi) is 4.53. The summed E-state index contributed by atoms with van der Waals surface area (Å²) in [6.45, 7) is 6.73. The summed E-state index contributed by atoms with van der Waals surface area (Å²) in [4.78, 5) is 33.2. The molecule has 2 aliphatic rings. The monoisotopic (exact) mass is 369 g/mol. The predicted molar refractivity (Wildman–Crippen MR) is 99.2 cm³/mol. The van der Waals surface area contributed by atoms with Gasteiger partial charge in [0, 0.05) is 37.4 Å². The first-order valence-electron chi connectivity index (χ1n) is 9.13. The van der Waals surface area contributed by atoms with E-state index in [-0.39, 0.29) is 24.0 Å². The highest BCUT2D eigenvalue weighted by atomic mass is 16.2. The molecule has 3 amide bonds. The first kappa shape index (κ1) is 17.5. The Hall–Kier alpha value is -2.94. The molecule has 27 heavy (non-hydrogen) atoms. The lowest BCUT2D eigenvalue weighted by molar-refractivity contribution is 0.102. The van der Waals surface area contributed by atoms with Gasteiger partial charge in [0.1, 0.15) is 5.69 Å². The van der Waals surface area contributed by atoms with Gasteiger partial charge in [-0.05, 0) is 26.0 Å². The minimum absolute atomic E-state index is 0.0168. The molecule has 0 aromatic carbocycles. The largest absolute Gasteiger partial charge is 0.321 e. The Labute approximate surface area is 157 Å². The van der Waals surface area contributed by atoms with Crippen LogP contribution in [0.15, 0.2) is 24.4 Å². The van der Waals surface area contributed by atoms with Crippen molar-refractivity contribution >= 4 is 17.8 Å². The third kappa shape index (κ3) is 3.14. The number of rotatable bonds is 2. The molecule has 2 aromatic heterocycles. The number of H-pyrrole nitrogens is 1. The quantitative estimate of drug-likeness (QED) is 0.741. The summed E-state index contributed by atoms with van der Waals surface area (Å²) in [7, 11) is 0. The predicted octanol–water partition coefficient (Wildman–Crippen LogP) is 1.35. The highest BCUT2D eigenvalue weighted by Gasteiger charge is 2.38. The van der Waals surface area contributed by atoms with Gasteiger partial charge in [-0.3, -0.25) is 14.9 Å². The Bertz CT molecular complexity index is 851. The summed E-state index contributed by atoms with van der Waals surface area (Å²) in [5, 5.41) is 13.3. The van der Waals surface area contributed by atoms with Crippen LogP contribution in [0.4, 0.5) is 10.6 Å². The van der Waals surface area contributed by atoms with Crippen LogP contribution in [0.2, 0.25) is 0 Å². The molecule has 0 bridgehead atoms. The molecule has 2 aromatic rings. The molecule has 4 rings (SSSR count). The summed E-state index contributed by atoms with van der Waals surface area (Å²) in [6.07, 6.45) is 1.57. The second-order valence-electron chi connectivity index (χ2n) is 6.97. The molecule has 142 valence electrons. The maximum atomic E-state index is 13.0. The highest BCUT2D eigenvalue weighted by molar-refractivity contribution is 6.02. The van der Waals surface area contributed by atoms with Crippen LogP contribution in [-0.4, -0.2) is 62.6 Å². The van der Waals surface area contributed by atoms with E-state index in [1.807, 2.05) is 23.6 Å². The van der Waals surface area contributed by atoms with E-state index < -0.39 is 0 Å². The lowest BCUT2D eigenvalue weighted by Crippen LogP contribution is -2.55.